The third kappa shape index (κ3) is 41.3. The zero-order chi connectivity index (χ0) is 40.1. The second kappa shape index (κ2) is 44.5. The van der Waals surface area contributed by atoms with Crippen LogP contribution in [0.3, 0.4) is 0 Å². The number of amides is 1. The molecular formula is C49H89NO5. The molecule has 2 unspecified atom stereocenters. The van der Waals surface area contributed by atoms with Crippen molar-refractivity contribution in [1.29, 1.82) is 0 Å². The molecule has 0 aliphatic rings. The number of aliphatic hydroxyl groups excluding tert-OH is 2. The molecule has 2 atom stereocenters. The molecule has 6 heteroatoms. The number of esters is 1. The van der Waals surface area contributed by atoms with Gasteiger partial charge in [-0.3, -0.25) is 9.59 Å². The molecule has 0 aromatic rings. The molecule has 0 aromatic carbocycles. The monoisotopic (exact) mass is 772 g/mol. The lowest BCUT2D eigenvalue weighted by molar-refractivity contribution is -0.143. The number of unbranched alkanes of at least 4 members (excludes halogenated alkanes) is 25. The van der Waals surface area contributed by atoms with E-state index in [9.17, 15) is 19.8 Å². The summed E-state index contributed by atoms with van der Waals surface area (Å²) in [5, 5.41) is 22.9. The number of rotatable bonds is 42. The number of hydrogen-bond acceptors (Lipinski definition) is 5. The Kier molecular flexibility index (Phi) is 42.8. The Balaban J connectivity index is 3.62. The van der Waals surface area contributed by atoms with E-state index in [-0.39, 0.29) is 18.5 Å². The highest BCUT2D eigenvalue weighted by atomic mass is 16.5. The van der Waals surface area contributed by atoms with E-state index in [2.05, 4.69) is 49.5 Å². The molecule has 0 rings (SSSR count). The van der Waals surface area contributed by atoms with Gasteiger partial charge in [-0.1, -0.05) is 184 Å². The van der Waals surface area contributed by atoms with Gasteiger partial charge in [0.25, 0.3) is 0 Å². The minimum absolute atomic E-state index is 0.0299. The van der Waals surface area contributed by atoms with Gasteiger partial charge in [-0.25, -0.2) is 0 Å². The summed E-state index contributed by atoms with van der Waals surface area (Å²) < 4.78 is 5.42. The lowest BCUT2D eigenvalue weighted by atomic mass is 10.0. The van der Waals surface area contributed by atoms with Crippen LogP contribution in [-0.4, -0.2) is 47.4 Å². The maximum Gasteiger partial charge on any atom is 0.305 e. The maximum absolute atomic E-state index is 12.3. The largest absolute Gasteiger partial charge is 0.466 e. The molecule has 0 bridgehead atoms. The number of nitrogens with one attached hydrogen (secondary N) is 1. The highest BCUT2D eigenvalue weighted by Crippen LogP contribution is 2.13. The van der Waals surface area contributed by atoms with Crippen LogP contribution >= 0.6 is 0 Å². The first-order chi connectivity index (χ1) is 27.0. The van der Waals surface area contributed by atoms with Crippen LogP contribution in [0.1, 0.15) is 226 Å². The summed E-state index contributed by atoms with van der Waals surface area (Å²) in [4.78, 5) is 24.3. The predicted molar refractivity (Wildman–Crippen MR) is 236 cm³/mol. The van der Waals surface area contributed by atoms with Gasteiger partial charge in [0, 0.05) is 12.8 Å². The Hall–Kier alpha value is -2.18. The van der Waals surface area contributed by atoms with Gasteiger partial charge in [0.05, 0.1) is 25.4 Å². The Morgan fingerprint density at radius 3 is 1.47 bits per heavy atom. The molecule has 0 heterocycles. The molecule has 0 fully saturated rings. The minimum atomic E-state index is -0.879. The van der Waals surface area contributed by atoms with Gasteiger partial charge < -0.3 is 20.3 Å². The molecule has 1 amide bonds. The van der Waals surface area contributed by atoms with Crippen molar-refractivity contribution in [1.82, 2.24) is 5.32 Å². The van der Waals surface area contributed by atoms with Crippen LogP contribution < -0.4 is 5.32 Å². The van der Waals surface area contributed by atoms with Crippen LogP contribution in [0.5, 0.6) is 0 Å². The molecule has 0 saturated heterocycles. The number of carbonyl (C=O) groups excluding carboxylic acids is 2. The normalized spacial score (nSPS) is 13.2. The first-order valence-corrected chi connectivity index (χ1v) is 23.4. The third-order valence-electron chi connectivity index (χ3n) is 10.3. The molecule has 0 aliphatic heterocycles. The molecule has 0 spiro atoms. The average molecular weight is 772 g/mol. The van der Waals surface area contributed by atoms with Gasteiger partial charge in [0.1, 0.15) is 0 Å². The molecule has 0 saturated carbocycles. The first kappa shape index (κ1) is 52.8. The van der Waals surface area contributed by atoms with Crippen LogP contribution in [0.15, 0.2) is 48.6 Å². The van der Waals surface area contributed by atoms with Crippen molar-refractivity contribution in [2.45, 2.75) is 238 Å². The first-order valence-electron chi connectivity index (χ1n) is 23.4. The quantitative estimate of drug-likeness (QED) is 0.0326. The van der Waals surface area contributed by atoms with Crippen LogP contribution in [-0.2, 0) is 14.3 Å². The Morgan fingerprint density at radius 2 is 0.927 bits per heavy atom. The zero-order valence-electron chi connectivity index (χ0n) is 36.1. The summed E-state index contributed by atoms with van der Waals surface area (Å²) in [7, 11) is 0. The summed E-state index contributed by atoms with van der Waals surface area (Å²) in [6, 6.07) is -0.671. The Bertz CT molecular complexity index is 942. The van der Waals surface area contributed by atoms with Crippen LogP contribution in [0.25, 0.3) is 0 Å². The van der Waals surface area contributed by atoms with Crippen molar-refractivity contribution >= 4 is 11.9 Å². The molecule has 3 N–H and O–H groups in total. The van der Waals surface area contributed by atoms with E-state index in [1.807, 2.05) is 12.2 Å². The fraction of sp³-hybridized carbons (Fsp3) is 0.796. The van der Waals surface area contributed by atoms with Crippen LogP contribution in [0.2, 0.25) is 0 Å². The van der Waals surface area contributed by atoms with Crippen molar-refractivity contribution in [2.24, 2.45) is 0 Å². The summed E-state index contributed by atoms with van der Waals surface area (Å²) in [6.07, 6.45) is 53.9. The highest BCUT2D eigenvalue weighted by Gasteiger charge is 2.17. The summed E-state index contributed by atoms with van der Waals surface area (Å²) in [5.41, 5.74) is 0. The summed E-state index contributed by atoms with van der Waals surface area (Å²) in [5.74, 6) is -0.181. The van der Waals surface area contributed by atoms with E-state index >= 15 is 0 Å². The third-order valence-corrected chi connectivity index (χ3v) is 10.3. The summed E-state index contributed by atoms with van der Waals surface area (Å²) >= 11 is 0. The number of carbonyl (C=O) groups is 2. The smallest absolute Gasteiger partial charge is 0.305 e. The average Bonchev–Trinajstić information content (AvgIpc) is 3.18. The van der Waals surface area contributed by atoms with Crippen LogP contribution in [0.4, 0.5) is 0 Å². The Labute approximate surface area is 340 Å². The van der Waals surface area contributed by atoms with Crippen LogP contribution in [0, 0.1) is 0 Å². The van der Waals surface area contributed by atoms with E-state index < -0.39 is 12.1 Å². The van der Waals surface area contributed by atoms with Gasteiger partial charge in [-0.05, 0) is 77.0 Å². The van der Waals surface area contributed by atoms with E-state index in [4.69, 9.17) is 4.74 Å². The molecule has 0 radical (unpaired) electrons. The molecule has 0 aliphatic carbocycles. The predicted octanol–water partition coefficient (Wildman–Crippen LogP) is 13.5. The second-order valence-electron chi connectivity index (χ2n) is 15.7. The Morgan fingerprint density at radius 1 is 0.509 bits per heavy atom. The van der Waals surface area contributed by atoms with Crippen molar-refractivity contribution in [3.8, 4) is 0 Å². The fourth-order valence-electron chi connectivity index (χ4n) is 6.67. The van der Waals surface area contributed by atoms with Gasteiger partial charge in [0.2, 0.25) is 5.91 Å². The van der Waals surface area contributed by atoms with E-state index in [1.54, 1.807) is 6.08 Å². The number of allylic oxidation sites excluding steroid dienone is 7. The molecule has 6 nitrogen and oxygen atoms in total. The number of ether oxygens (including phenoxy) is 1. The molecular weight excluding hydrogens is 683 g/mol. The molecule has 0 aromatic heterocycles. The number of hydrogen-bond donors (Lipinski definition) is 3. The van der Waals surface area contributed by atoms with E-state index in [0.29, 0.717) is 25.9 Å². The van der Waals surface area contributed by atoms with Crippen molar-refractivity contribution in [2.75, 3.05) is 13.2 Å². The van der Waals surface area contributed by atoms with Crippen molar-refractivity contribution in [3.05, 3.63) is 48.6 Å². The lowest BCUT2D eigenvalue weighted by Gasteiger charge is -2.19. The number of aliphatic hydroxyl groups is 2. The highest BCUT2D eigenvalue weighted by molar-refractivity contribution is 5.76. The van der Waals surface area contributed by atoms with Crippen molar-refractivity contribution < 1.29 is 24.5 Å². The minimum Gasteiger partial charge on any atom is -0.466 e. The molecule has 55 heavy (non-hydrogen) atoms. The van der Waals surface area contributed by atoms with Gasteiger partial charge in [-0.2, -0.15) is 0 Å². The zero-order valence-corrected chi connectivity index (χ0v) is 36.1. The van der Waals surface area contributed by atoms with Gasteiger partial charge in [0.15, 0.2) is 0 Å². The topological polar surface area (TPSA) is 95.9 Å². The van der Waals surface area contributed by atoms with Gasteiger partial charge >= 0.3 is 5.97 Å². The summed E-state index contributed by atoms with van der Waals surface area (Å²) in [6.45, 7) is 4.78. The molecule has 320 valence electrons. The van der Waals surface area contributed by atoms with Crippen molar-refractivity contribution in [3.63, 3.8) is 0 Å². The standard InChI is InChI=1S/C49H89NO5/c1-3-5-7-9-11-13-15-18-21-25-29-33-37-41-47(52)46(45-51)50-48(53)42-38-34-30-26-22-19-17-20-24-28-32-36-40-44-55-49(54)43-39-35-31-27-23-16-14-12-10-8-6-4-2/h12,14,19,22,30,34,37,41,46-47,51-52H,3-11,13,15-18,20-21,23-29,31-33,35-36,38-40,42-45H2,1-2H3,(H,50,53)/b14-12-,22-19-,34-30-,41-37+. The lowest BCUT2D eigenvalue weighted by Crippen LogP contribution is -2.45. The fourth-order valence-corrected chi connectivity index (χ4v) is 6.67. The van der Waals surface area contributed by atoms with Gasteiger partial charge in [-0.15, -0.1) is 0 Å². The SMILES string of the molecule is CCCCC/C=C\CCCCCCCC(=O)OCCCCCCCC/C=C\C/C=C\CCC(=O)NC(CO)C(O)/C=C/CCCCCCCCCCCCC. The van der Waals surface area contributed by atoms with E-state index in [0.717, 1.165) is 51.4 Å². The maximum atomic E-state index is 12.3. The van der Waals surface area contributed by atoms with E-state index in [1.165, 1.54) is 141 Å². The second-order valence-corrected chi connectivity index (χ2v) is 15.7.